The SMILES string of the molecule is Cc1cc(C)c2c(c1)C(=O)C(=O)N2CC=CCCl. The van der Waals surface area contributed by atoms with Crippen molar-refractivity contribution in [3.05, 3.63) is 41.0 Å². The van der Waals surface area contributed by atoms with Gasteiger partial charge in [0.1, 0.15) is 0 Å². The average molecular weight is 264 g/mol. The van der Waals surface area contributed by atoms with Gasteiger partial charge in [-0.15, -0.1) is 11.6 Å². The van der Waals surface area contributed by atoms with Gasteiger partial charge < -0.3 is 4.90 Å². The molecule has 3 nitrogen and oxygen atoms in total. The summed E-state index contributed by atoms with van der Waals surface area (Å²) < 4.78 is 0. The highest BCUT2D eigenvalue weighted by Crippen LogP contribution is 2.33. The zero-order chi connectivity index (χ0) is 13.3. The van der Waals surface area contributed by atoms with Gasteiger partial charge in [-0.1, -0.05) is 18.2 Å². The monoisotopic (exact) mass is 263 g/mol. The first-order valence-electron chi connectivity index (χ1n) is 5.74. The van der Waals surface area contributed by atoms with Gasteiger partial charge in [0.2, 0.25) is 0 Å². The number of halogens is 1. The highest BCUT2D eigenvalue weighted by Gasteiger charge is 2.36. The summed E-state index contributed by atoms with van der Waals surface area (Å²) in [7, 11) is 0. The standard InChI is InChI=1S/C14H14ClNO2/c1-9-7-10(2)12-11(8-9)13(17)14(18)16(12)6-4-3-5-15/h3-4,7-8H,5-6H2,1-2H3. The molecular weight excluding hydrogens is 250 g/mol. The summed E-state index contributed by atoms with van der Waals surface area (Å²) in [6, 6.07) is 3.75. The number of alkyl halides is 1. The number of nitrogens with zero attached hydrogens (tertiary/aromatic N) is 1. The lowest BCUT2D eigenvalue weighted by Gasteiger charge is -2.16. The number of hydrogen-bond acceptors (Lipinski definition) is 2. The minimum atomic E-state index is -0.460. The van der Waals surface area contributed by atoms with E-state index in [9.17, 15) is 9.59 Å². The molecule has 0 bridgehead atoms. The van der Waals surface area contributed by atoms with Crippen LogP contribution in [0.5, 0.6) is 0 Å². The lowest BCUT2D eigenvalue weighted by molar-refractivity contribution is -0.114. The predicted molar refractivity (Wildman–Crippen MR) is 72.5 cm³/mol. The van der Waals surface area contributed by atoms with E-state index >= 15 is 0 Å². The summed E-state index contributed by atoms with van der Waals surface area (Å²) in [6.45, 7) is 4.21. The fourth-order valence-corrected chi connectivity index (χ4v) is 2.37. The van der Waals surface area contributed by atoms with Crippen LogP contribution in [0, 0.1) is 13.8 Å². The van der Waals surface area contributed by atoms with Crippen LogP contribution in [0.15, 0.2) is 24.3 Å². The minimum Gasteiger partial charge on any atom is -0.301 e. The molecule has 1 aliphatic heterocycles. The molecule has 18 heavy (non-hydrogen) atoms. The van der Waals surface area contributed by atoms with Crippen molar-refractivity contribution in [1.82, 2.24) is 0 Å². The Morgan fingerprint density at radius 2 is 1.94 bits per heavy atom. The van der Waals surface area contributed by atoms with Crippen molar-refractivity contribution in [3.8, 4) is 0 Å². The summed E-state index contributed by atoms with van der Waals surface area (Å²) in [5, 5.41) is 0. The molecule has 0 aliphatic carbocycles. The van der Waals surface area contributed by atoms with Gasteiger partial charge in [-0.2, -0.15) is 0 Å². The second kappa shape index (κ2) is 4.94. The predicted octanol–water partition coefficient (Wildman–Crippen LogP) is 2.63. The van der Waals surface area contributed by atoms with Gasteiger partial charge in [0.25, 0.3) is 11.7 Å². The van der Waals surface area contributed by atoms with Crippen molar-refractivity contribution in [2.45, 2.75) is 13.8 Å². The third kappa shape index (κ3) is 2.06. The topological polar surface area (TPSA) is 37.4 Å². The van der Waals surface area contributed by atoms with Crippen LogP contribution in [0.3, 0.4) is 0 Å². The van der Waals surface area contributed by atoms with Crippen molar-refractivity contribution < 1.29 is 9.59 Å². The van der Waals surface area contributed by atoms with E-state index in [0.717, 1.165) is 16.8 Å². The second-order valence-corrected chi connectivity index (χ2v) is 4.66. The number of amides is 1. The van der Waals surface area contributed by atoms with Crippen LogP contribution in [0.25, 0.3) is 0 Å². The van der Waals surface area contributed by atoms with Crippen LogP contribution in [0.4, 0.5) is 5.69 Å². The summed E-state index contributed by atoms with van der Waals surface area (Å²) in [5.74, 6) is -0.482. The van der Waals surface area contributed by atoms with Crippen molar-refractivity contribution in [2.75, 3.05) is 17.3 Å². The van der Waals surface area contributed by atoms with Gasteiger partial charge in [0.15, 0.2) is 0 Å². The molecule has 0 N–H and O–H groups in total. The summed E-state index contributed by atoms with van der Waals surface area (Å²) in [6.07, 6.45) is 3.56. The van der Waals surface area contributed by atoms with Crippen LogP contribution in [0.1, 0.15) is 21.5 Å². The molecule has 0 aromatic heterocycles. The Morgan fingerprint density at radius 1 is 1.22 bits per heavy atom. The Morgan fingerprint density at radius 3 is 2.61 bits per heavy atom. The summed E-state index contributed by atoms with van der Waals surface area (Å²) in [4.78, 5) is 25.3. The van der Waals surface area contributed by atoms with Gasteiger partial charge in [-0.25, -0.2) is 0 Å². The van der Waals surface area contributed by atoms with Crippen molar-refractivity contribution in [3.63, 3.8) is 0 Å². The molecular formula is C14H14ClNO2. The number of carbonyl (C=O) groups excluding carboxylic acids is 2. The molecule has 1 aromatic rings. The summed E-state index contributed by atoms with van der Waals surface area (Å²) >= 11 is 5.55. The molecule has 0 saturated heterocycles. The molecule has 0 unspecified atom stereocenters. The molecule has 0 fully saturated rings. The highest BCUT2D eigenvalue weighted by molar-refractivity contribution is 6.52. The van der Waals surface area contributed by atoms with E-state index < -0.39 is 11.7 Å². The van der Waals surface area contributed by atoms with Crippen molar-refractivity contribution in [2.24, 2.45) is 0 Å². The molecule has 0 radical (unpaired) electrons. The molecule has 4 heteroatoms. The molecule has 1 amide bonds. The van der Waals surface area contributed by atoms with Crippen LogP contribution in [0.2, 0.25) is 0 Å². The largest absolute Gasteiger partial charge is 0.301 e. The van der Waals surface area contributed by atoms with Gasteiger partial charge in [0.05, 0.1) is 11.3 Å². The highest BCUT2D eigenvalue weighted by atomic mass is 35.5. The maximum absolute atomic E-state index is 11.9. The molecule has 1 heterocycles. The van der Waals surface area contributed by atoms with E-state index in [1.165, 1.54) is 4.90 Å². The van der Waals surface area contributed by atoms with Gasteiger partial charge in [-0.3, -0.25) is 9.59 Å². The number of hydrogen-bond donors (Lipinski definition) is 0. The van der Waals surface area contributed by atoms with Crippen LogP contribution in [-0.4, -0.2) is 24.1 Å². The van der Waals surface area contributed by atoms with Crippen LogP contribution in [-0.2, 0) is 4.79 Å². The maximum Gasteiger partial charge on any atom is 0.299 e. The van der Waals surface area contributed by atoms with Crippen molar-refractivity contribution in [1.29, 1.82) is 0 Å². The Kier molecular flexibility index (Phi) is 3.53. The van der Waals surface area contributed by atoms with E-state index in [-0.39, 0.29) is 0 Å². The van der Waals surface area contributed by atoms with Crippen LogP contribution < -0.4 is 4.90 Å². The van der Waals surface area contributed by atoms with E-state index in [2.05, 4.69) is 0 Å². The molecule has 2 rings (SSSR count). The fourth-order valence-electron chi connectivity index (χ4n) is 2.25. The molecule has 0 spiro atoms. The third-order valence-electron chi connectivity index (χ3n) is 2.94. The molecule has 0 atom stereocenters. The normalized spacial score (nSPS) is 14.7. The van der Waals surface area contributed by atoms with E-state index in [4.69, 9.17) is 11.6 Å². The quantitative estimate of drug-likeness (QED) is 0.478. The zero-order valence-electron chi connectivity index (χ0n) is 10.4. The van der Waals surface area contributed by atoms with Gasteiger partial charge >= 0.3 is 0 Å². The number of carbonyl (C=O) groups is 2. The molecule has 1 aromatic carbocycles. The fraction of sp³-hybridized carbons (Fsp3) is 0.286. The Balaban J connectivity index is 2.45. The van der Waals surface area contributed by atoms with E-state index in [1.807, 2.05) is 19.9 Å². The van der Waals surface area contributed by atoms with Crippen molar-refractivity contribution >= 4 is 29.0 Å². The Labute approximate surface area is 111 Å². The number of anilines is 1. The third-order valence-corrected chi connectivity index (χ3v) is 3.12. The number of aryl methyl sites for hydroxylation is 2. The number of benzene rings is 1. The number of ketones is 1. The number of fused-ring (bicyclic) bond motifs is 1. The van der Waals surface area contributed by atoms with E-state index in [1.54, 1.807) is 18.2 Å². The molecule has 1 aliphatic rings. The number of allylic oxidation sites excluding steroid dienone is 1. The first-order valence-corrected chi connectivity index (χ1v) is 6.28. The number of Topliss-reactive ketones (excluding diaryl/α,β-unsaturated/α-hetero) is 1. The second-order valence-electron chi connectivity index (χ2n) is 4.35. The lowest BCUT2D eigenvalue weighted by Crippen LogP contribution is -2.30. The molecule has 0 saturated carbocycles. The first-order chi connectivity index (χ1) is 8.56. The maximum atomic E-state index is 11.9. The van der Waals surface area contributed by atoms with E-state index in [0.29, 0.717) is 18.0 Å². The van der Waals surface area contributed by atoms with Crippen LogP contribution >= 0.6 is 11.6 Å². The number of rotatable bonds is 3. The van der Waals surface area contributed by atoms with Gasteiger partial charge in [0, 0.05) is 12.4 Å². The molecule has 94 valence electrons. The lowest BCUT2D eigenvalue weighted by atomic mass is 10.0. The Hall–Kier alpha value is -1.61. The zero-order valence-corrected chi connectivity index (χ0v) is 11.1. The first kappa shape index (κ1) is 12.8. The van der Waals surface area contributed by atoms with Gasteiger partial charge in [-0.05, 0) is 31.0 Å². The minimum absolute atomic E-state index is 0.383. The average Bonchev–Trinajstić information content (AvgIpc) is 2.55. The Bertz CT molecular complexity index is 549. The smallest absolute Gasteiger partial charge is 0.299 e. The summed E-state index contributed by atoms with van der Waals surface area (Å²) in [5.41, 5.74) is 3.18.